The van der Waals surface area contributed by atoms with E-state index in [1.165, 1.54) is 12.1 Å². The van der Waals surface area contributed by atoms with Crippen LogP contribution in [0.4, 0.5) is 22.0 Å². The molecule has 2 rings (SSSR count). The van der Waals surface area contributed by atoms with E-state index < -0.39 is 23.4 Å². The third-order valence-corrected chi connectivity index (χ3v) is 2.75. The van der Waals surface area contributed by atoms with E-state index in [2.05, 4.69) is 0 Å². The van der Waals surface area contributed by atoms with Gasteiger partial charge < -0.3 is 0 Å². The lowest BCUT2D eigenvalue weighted by atomic mass is 10.0. The number of hydrogen-bond acceptors (Lipinski definition) is 0. The van der Waals surface area contributed by atoms with Crippen LogP contribution in [0.1, 0.15) is 5.56 Å². The zero-order valence-corrected chi connectivity index (χ0v) is 10.1. The fraction of sp³-hybridized carbons (Fsp3) is 0.0667. The fourth-order valence-corrected chi connectivity index (χ4v) is 1.84. The van der Waals surface area contributed by atoms with Crippen LogP contribution in [0.15, 0.2) is 60.7 Å². The van der Waals surface area contributed by atoms with Gasteiger partial charge in [-0.15, -0.1) is 0 Å². The van der Waals surface area contributed by atoms with Crippen molar-refractivity contribution in [2.24, 2.45) is 0 Å². The summed E-state index contributed by atoms with van der Waals surface area (Å²) in [6, 6.07) is 13.8. The Morgan fingerprint density at radius 3 is 1.65 bits per heavy atom. The van der Waals surface area contributed by atoms with Gasteiger partial charge in [-0.25, -0.2) is 0 Å². The van der Waals surface area contributed by atoms with Crippen LogP contribution in [0.2, 0.25) is 0 Å². The smallest absolute Gasteiger partial charge is 0.173 e. The molecule has 0 unspecified atom stereocenters. The van der Waals surface area contributed by atoms with Crippen molar-refractivity contribution in [3.05, 3.63) is 66.2 Å². The number of rotatable bonds is 2. The van der Waals surface area contributed by atoms with E-state index >= 15 is 0 Å². The second-order valence-corrected chi connectivity index (χ2v) is 4.08. The highest BCUT2D eigenvalue weighted by molar-refractivity contribution is 5.73. The lowest BCUT2D eigenvalue weighted by molar-refractivity contribution is -0.0711. The summed E-state index contributed by atoms with van der Waals surface area (Å²) in [5.41, 5.74) is -0.971. The third kappa shape index (κ3) is 3.04. The first kappa shape index (κ1) is 14.2. The second kappa shape index (κ2) is 5.45. The standard InChI is InChI=1S/C15H9F5/c16-14(17)13(15(18,19)20)12-8-6-11(7-9-12)10-4-2-1-3-5-10/h1-9H. The Balaban J connectivity index is 2.41. The second-order valence-electron chi connectivity index (χ2n) is 4.08. The van der Waals surface area contributed by atoms with Gasteiger partial charge in [0, 0.05) is 0 Å². The van der Waals surface area contributed by atoms with Crippen LogP contribution < -0.4 is 0 Å². The highest BCUT2D eigenvalue weighted by atomic mass is 19.4. The lowest BCUT2D eigenvalue weighted by Gasteiger charge is -2.11. The molecule has 0 aromatic heterocycles. The zero-order chi connectivity index (χ0) is 14.8. The number of allylic oxidation sites excluding steroid dienone is 1. The molecule has 0 fully saturated rings. The van der Waals surface area contributed by atoms with Gasteiger partial charge in [-0.1, -0.05) is 54.6 Å². The van der Waals surface area contributed by atoms with Crippen LogP contribution in [0, 0.1) is 0 Å². The van der Waals surface area contributed by atoms with Crippen LogP contribution in [-0.4, -0.2) is 6.18 Å². The van der Waals surface area contributed by atoms with E-state index in [0.29, 0.717) is 5.56 Å². The van der Waals surface area contributed by atoms with Crippen LogP contribution in [-0.2, 0) is 0 Å². The molecule has 0 aliphatic carbocycles. The molecule has 0 N–H and O–H groups in total. The largest absolute Gasteiger partial charge is 0.422 e. The number of benzene rings is 2. The van der Waals surface area contributed by atoms with Gasteiger partial charge in [-0.2, -0.15) is 22.0 Å². The maximum absolute atomic E-state index is 12.5. The molecule has 0 radical (unpaired) electrons. The normalized spacial score (nSPS) is 11.2. The predicted octanol–water partition coefficient (Wildman–Crippen LogP) is 5.52. The number of alkyl halides is 3. The van der Waals surface area contributed by atoms with E-state index in [1.807, 2.05) is 0 Å². The first-order chi connectivity index (χ1) is 9.39. The van der Waals surface area contributed by atoms with Crippen LogP contribution >= 0.6 is 0 Å². The maximum atomic E-state index is 12.5. The van der Waals surface area contributed by atoms with Crippen LogP contribution in [0.3, 0.4) is 0 Å². The molecular weight excluding hydrogens is 275 g/mol. The number of hydrogen-bond donors (Lipinski definition) is 0. The molecule has 0 heterocycles. The molecule has 104 valence electrons. The Kier molecular flexibility index (Phi) is 3.88. The molecule has 0 amide bonds. The van der Waals surface area contributed by atoms with Crippen LogP contribution in [0.25, 0.3) is 16.7 Å². The van der Waals surface area contributed by atoms with Gasteiger partial charge in [-0.3, -0.25) is 0 Å². The van der Waals surface area contributed by atoms with Gasteiger partial charge >= 0.3 is 6.18 Å². The minimum Gasteiger partial charge on any atom is -0.173 e. The molecule has 0 bridgehead atoms. The summed E-state index contributed by atoms with van der Waals surface area (Å²) >= 11 is 0. The topological polar surface area (TPSA) is 0 Å². The van der Waals surface area contributed by atoms with Crippen molar-refractivity contribution in [1.82, 2.24) is 0 Å². The predicted molar refractivity (Wildman–Crippen MR) is 67.1 cm³/mol. The minimum atomic E-state index is -5.08. The summed E-state index contributed by atoms with van der Waals surface area (Å²) in [4.78, 5) is 0. The monoisotopic (exact) mass is 284 g/mol. The first-order valence-electron chi connectivity index (χ1n) is 5.68. The van der Waals surface area contributed by atoms with Crippen molar-refractivity contribution in [2.45, 2.75) is 6.18 Å². The summed E-state index contributed by atoms with van der Waals surface area (Å²) in [5, 5.41) is 0. The maximum Gasteiger partial charge on any atom is 0.422 e. The molecule has 20 heavy (non-hydrogen) atoms. The molecule has 0 nitrogen and oxygen atoms in total. The highest BCUT2D eigenvalue weighted by Gasteiger charge is 2.38. The van der Waals surface area contributed by atoms with Crippen LogP contribution in [0.5, 0.6) is 0 Å². The van der Waals surface area contributed by atoms with Gasteiger partial charge in [0.2, 0.25) is 0 Å². The van der Waals surface area contributed by atoms with Gasteiger partial charge in [0.25, 0.3) is 6.08 Å². The fourth-order valence-electron chi connectivity index (χ4n) is 1.84. The molecule has 5 heteroatoms. The first-order valence-corrected chi connectivity index (χ1v) is 5.68. The van der Waals surface area contributed by atoms with Gasteiger partial charge in [0.15, 0.2) is 0 Å². The Morgan fingerprint density at radius 1 is 0.700 bits per heavy atom. The Hall–Kier alpha value is -2.17. The molecule has 0 spiro atoms. The van der Waals surface area contributed by atoms with Crippen molar-refractivity contribution in [1.29, 1.82) is 0 Å². The lowest BCUT2D eigenvalue weighted by Crippen LogP contribution is -2.11. The quantitative estimate of drug-likeness (QED) is 0.637. The average Bonchev–Trinajstić information content (AvgIpc) is 2.38. The highest BCUT2D eigenvalue weighted by Crippen LogP contribution is 2.37. The zero-order valence-electron chi connectivity index (χ0n) is 10.1. The van der Waals surface area contributed by atoms with Crippen molar-refractivity contribution in [3.63, 3.8) is 0 Å². The van der Waals surface area contributed by atoms with Crippen molar-refractivity contribution >= 4 is 5.57 Å². The molecule has 0 saturated heterocycles. The van der Waals surface area contributed by atoms with E-state index in [1.54, 1.807) is 30.3 Å². The summed E-state index contributed by atoms with van der Waals surface area (Å²) in [7, 11) is 0. The Bertz CT molecular complexity index is 605. The average molecular weight is 284 g/mol. The molecule has 0 saturated carbocycles. The van der Waals surface area contributed by atoms with Crippen molar-refractivity contribution in [3.8, 4) is 11.1 Å². The molecule has 2 aromatic carbocycles. The summed E-state index contributed by atoms with van der Waals surface area (Å²) in [6.45, 7) is 0. The third-order valence-electron chi connectivity index (χ3n) is 2.75. The van der Waals surface area contributed by atoms with Gasteiger partial charge in [0.05, 0.1) is 0 Å². The molecule has 2 aromatic rings. The SMILES string of the molecule is FC(F)=C(c1ccc(-c2ccccc2)cc1)C(F)(F)F. The summed E-state index contributed by atoms with van der Waals surface area (Å²) in [5.74, 6) is 0. The van der Waals surface area contributed by atoms with Crippen molar-refractivity contribution in [2.75, 3.05) is 0 Å². The molecule has 0 atom stereocenters. The molecule has 0 aliphatic rings. The minimum absolute atomic E-state index is 0.544. The van der Waals surface area contributed by atoms with E-state index in [-0.39, 0.29) is 0 Å². The molecule has 0 aliphatic heterocycles. The number of halogens is 5. The Labute approximate surface area is 112 Å². The van der Waals surface area contributed by atoms with Crippen molar-refractivity contribution < 1.29 is 22.0 Å². The van der Waals surface area contributed by atoms with Gasteiger partial charge in [0.1, 0.15) is 5.57 Å². The van der Waals surface area contributed by atoms with E-state index in [0.717, 1.165) is 17.7 Å². The summed E-state index contributed by atoms with van der Waals surface area (Å²) in [6.07, 6.45) is -7.81. The summed E-state index contributed by atoms with van der Waals surface area (Å²) < 4.78 is 62.6. The van der Waals surface area contributed by atoms with E-state index in [4.69, 9.17) is 0 Å². The Morgan fingerprint density at radius 2 is 1.20 bits per heavy atom. The van der Waals surface area contributed by atoms with Gasteiger partial charge in [-0.05, 0) is 16.7 Å². The molecular formula is C15H9F5. The van der Waals surface area contributed by atoms with E-state index in [9.17, 15) is 22.0 Å².